The van der Waals surface area contributed by atoms with Gasteiger partial charge in [-0.25, -0.2) is 0 Å². The summed E-state index contributed by atoms with van der Waals surface area (Å²) in [5.74, 6) is 1.41. The summed E-state index contributed by atoms with van der Waals surface area (Å²) in [6, 6.07) is 20.8. The van der Waals surface area contributed by atoms with Gasteiger partial charge in [-0.05, 0) is 36.4 Å². The number of benzene rings is 2. The molecule has 0 aliphatic heterocycles. The number of rotatable bonds is 7. The molecule has 0 saturated carbocycles. The van der Waals surface area contributed by atoms with Crippen LogP contribution in [-0.2, 0) is 4.79 Å². The van der Waals surface area contributed by atoms with Crippen molar-refractivity contribution >= 4 is 23.4 Å². The first kappa shape index (κ1) is 19.7. The molecular weight excluding hydrogens is 398 g/mol. The second-order valence-electron chi connectivity index (χ2n) is 6.29. The predicted molar refractivity (Wildman–Crippen MR) is 117 cm³/mol. The van der Waals surface area contributed by atoms with Gasteiger partial charge >= 0.3 is 0 Å². The highest BCUT2D eigenvalue weighted by Crippen LogP contribution is 2.27. The van der Waals surface area contributed by atoms with Crippen molar-refractivity contribution in [1.82, 2.24) is 19.7 Å². The normalized spacial score (nSPS) is 10.6. The Hall–Kier alpha value is -3.65. The zero-order valence-corrected chi connectivity index (χ0v) is 17.0. The number of hydrogen-bond donors (Lipinski definition) is 1. The average molecular weight is 417 g/mol. The molecule has 1 N–H and O–H groups in total. The van der Waals surface area contributed by atoms with Crippen molar-refractivity contribution in [1.29, 1.82) is 0 Å². The molecule has 0 unspecified atom stereocenters. The molecule has 0 saturated heterocycles. The summed E-state index contributed by atoms with van der Waals surface area (Å²) >= 11 is 1.32. The van der Waals surface area contributed by atoms with Crippen LogP contribution in [0.15, 0.2) is 84.3 Å². The number of nitrogens with one attached hydrogen (secondary N) is 1. The topological polar surface area (TPSA) is 81.9 Å². The lowest BCUT2D eigenvalue weighted by atomic mass is 10.2. The maximum atomic E-state index is 12.5. The zero-order valence-electron chi connectivity index (χ0n) is 16.2. The fourth-order valence-corrected chi connectivity index (χ4v) is 3.64. The van der Waals surface area contributed by atoms with Crippen LogP contribution < -0.4 is 10.1 Å². The third-order valence-electron chi connectivity index (χ3n) is 4.25. The molecule has 7 nitrogen and oxygen atoms in total. The van der Waals surface area contributed by atoms with E-state index in [0.717, 1.165) is 11.3 Å². The Bertz CT molecular complexity index is 1130. The van der Waals surface area contributed by atoms with E-state index in [0.29, 0.717) is 22.4 Å². The largest absolute Gasteiger partial charge is 0.497 e. The first-order valence-corrected chi connectivity index (χ1v) is 10.2. The molecule has 0 aliphatic rings. The Labute approximate surface area is 178 Å². The molecular formula is C22H19N5O2S. The molecule has 150 valence electrons. The molecule has 2 heterocycles. The van der Waals surface area contributed by atoms with Crippen molar-refractivity contribution in [3.05, 3.63) is 79.1 Å². The van der Waals surface area contributed by atoms with Gasteiger partial charge in [0.05, 0.1) is 12.9 Å². The minimum atomic E-state index is -0.140. The maximum Gasteiger partial charge on any atom is 0.234 e. The third kappa shape index (κ3) is 4.49. The summed E-state index contributed by atoms with van der Waals surface area (Å²) in [5.41, 5.74) is 2.44. The fourth-order valence-electron chi connectivity index (χ4n) is 2.88. The molecule has 0 aliphatic carbocycles. The number of pyridine rings is 1. The van der Waals surface area contributed by atoms with Gasteiger partial charge < -0.3 is 10.1 Å². The highest BCUT2D eigenvalue weighted by molar-refractivity contribution is 7.99. The number of anilines is 1. The lowest BCUT2D eigenvalue weighted by Crippen LogP contribution is -2.14. The van der Waals surface area contributed by atoms with Gasteiger partial charge in [-0.1, -0.05) is 36.0 Å². The molecule has 0 bridgehead atoms. The molecule has 2 aromatic carbocycles. The van der Waals surface area contributed by atoms with E-state index in [1.54, 1.807) is 25.6 Å². The van der Waals surface area contributed by atoms with E-state index >= 15 is 0 Å². The lowest BCUT2D eigenvalue weighted by molar-refractivity contribution is -0.113. The summed E-state index contributed by atoms with van der Waals surface area (Å²) in [7, 11) is 1.59. The van der Waals surface area contributed by atoms with Crippen LogP contribution in [0.3, 0.4) is 0 Å². The number of carbonyl (C=O) groups excluding carboxylic acids is 1. The van der Waals surface area contributed by atoms with Gasteiger partial charge in [0.15, 0.2) is 11.0 Å². The van der Waals surface area contributed by atoms with Crippen LogP contribution in [0.25, 0.3) is 17.1 Å². The van der Waals surface area contributed by atoms with E-state index < -0.39 is 0 Å². The third-order valence-corrected chi connectivity index (χ3v) is 5.18. The summed E-state index contributed by atoms with van der Waals surface area (Å²) in [4.78, 5) is 16.6. The number of aromatic nitrogens is 4. The van der Waals surface area contributed by atoms with E-state index in [2.05, 4.69) is 20.5 Å². The number of para-hydroxylation sites is 1. The first-order valence-electron chi connectivity index (χ1n) is 9.22. The van der Waals surface area contributed by atoms with Crippen LogP contribution >= 0.6 is 11.8 Å². The zero-order chi connectivity index (χ0) is 20.8. The molecule has 0 fully saturated rings. The van der Waals surface area contributed by atoms with Crippen LogP contribution in [0.1, 0.15) is 0 Å². The Morgan fingerprint density at radius 1 is 1.07 bits per heavy atom. The van der Waals surface area contributed by atoms with Gasteiger partial charge in [-0.15, -0.1) is 10.2 Å². The molecule has 0 spiro atoms. The van der Waals surface area contributed by atoms with Crippen molar-refractivity contribution in [3.63, 3.8) is 0 Å². The number of carbonyl (C=O) groups is 1. The quantitative estimate of drug-likeness (QED) is 0.457. The molecule has 0 radical (unpaired) electrons. The van der Waals surface area contributed by atoms with Gasteiger partial charge in [0.2, 0.25) is 5.91 Å². The van der Waals surface area contributed by atoms with Gasteiger partial charge in [0.25, 0.3) is 0 Å². The van der Waals surface area contributed by atoms with Crippen molar-refractivity contribution in [2.75, 3.05) is 18.2 Å². The van der Waals surface area contributed by atoms with Gasteiger partial charge in [-0.3, -0.25) is 14.3 Å². The maximum absolute atomic E-state index is 12.5. The minimum absolute atomic E-state index is 0.140. The molecule has 2 aromatic heterocycles. The monoisotopic (exact) mass is 417 g/mol. The van der Waals surface area contributed by atoms with E-state index in [-0.39, 0.29) is 11.7 Å². The highest BCUT2D eigenvalue weighted by atomic mass is 32.2. The van der Waals surface area contributed by atoms with Crippen LogP contribution in [-0.4, -0.2) is 38.5 Å². The summed E-state index contributed by atoms with van der Waals surface area (Å²) in [6.07, 6.45) is 3.46. The van der Waals surface area contributed by atoms with Crippen LogP contribution in [0.4, 0.5) is 5.69 Å². The van der Waals surface area contributed by atoms with Crippen molar-refractivity contribution < 1.29 is 9.53 Å². The van der Waals surface area contributed by atoms with Crippen molar-refractivity contribution in [2.24, 2.45) is 0 Å². The van der Waals surface area contributed by atoms with E-state index in [9.17, 15) is 4.79 Å². The average Bonchev–Trinajstić information content (AvgIpc) is 3.23. The molecule has 30 heavy (non-hydrogen) atoms. The number of methoxy groups -OCH3 is 1. The van der Waals surface area contributed by atoms with E-state index in [1.807, 2.05) is 65.2 Å². The van der Waals surface area contributed by atoms with E-state index in [1.165, 1.54) is 11.8 Å². The van der Waals surface area contributed by atoms with Crippen molar-refractivity contribution in [3.8, 4) is 22.8 Å². The number of thioether (sulfide) groups is 1. The molecule has 4 aromatic rings. The molecule has 4 rings (SSSR count). The number of ether oxygens (including phenoxy) is 1. The van der Waals surface area contributed by atoms with Gasteiger partial charge in [0, 0.05) is 35.4 Å². The number of hydrogen-bond acceptors (Lipinski definition) is 6. The van der Waals surface area contributed by atoms with Crippen LogP contribution in [0.2, 0.25) is 0 Å². The molecule has 8 heteroatoms. The van der Waals surface area contributed by atoms with Crippen LogP contribution in [0.5, 0.6) is 5.75 Å². The minimum Gasteiger partial charge on any atom is -0.497 e. The lowest BCUT2D eigenvalue weighted by Gasteiger charge is -2.10. The molecule has 1 amide bonds. The smallest absolute Gasteiger partial charge is 0.234 e. The summed E-state index contributed by atoms with van der Waals surface area (Å²) in [6.45, 7) is 0. The second kappa shape index (κ2) is 9.23. The first-order chi connectivity index (χ1) is 14.7. The Morgan fingerprint density at radius 3 is 2.70 bits per heavy atom. The van der Waals surface area contributed by atoms with Gasteiger partial charge in [-0.2, -0.15) is 0 Å². The fraction of sp³-hybridized carbons (Fsp3) is 0.0909. The SMILES string of the molecule is COc1cccc(NC(=O)CSc2nnc(-c3cccnc3)n2-c2ccccc2)c1. The Kier molecular flexibility index (Phi) is 6.05. The Morgan fingerprint density at radius 2 is 1.93 bits per heavy atom. The number of nitrogens with zero attached hydrogens (tertiary/aromatic N) is 4. The second-order valence-corrected chi connectivity index (χ2v) is 7.23. The van der Waals surface area contributed by atoms with Crippen LogP contribution in [0, 0.1) is 0 Å². The number of amides is 1. The molecule has 0 atom stereocenters. The Balaban J connectivity index is 1.55. The predicted octanol–water partition coefficient (Wildman–Crippen LogP) is 4.07. The summed E-state index contributed by atoms with van der Waals surface area (Å²) in [5, 5.41) is 12.2. The highest BCUT2D eigenvalue weighted by Gasteiger charge is 2.17. The van der Waals surface area contributed by atoms with E-state index in [4.69, 9.17) is 4.74 Å². The van der Waals surface area contributed by atoms with Gasteiger partial charge in [0.1, 0.15) is 5.75 Å². The standard InChI is InChI=1S/C22H19N5O2S/c1-29-19-11-5-8-17(13-19)24-20(28)15-30-22-26-25-21(16-7-6-12-23-14-16)27(22)18-9-3-2-4-10-18/h2-14H,15H2,1H3,(H,24,28). The summed E-state index contributed by atoms with van der Waals surface area (Å²) < 4.78 is 7.12. The van der Waals surface area contributed by atoms with Crippen molar-refractivity contribution in [2.45, 2.75) is 5.16 Å².